The zero-order chi connectivity index (χ0) is 87.6. The lowest BCUT2D eigenvalue weighted by Gasteiger charge is -2.51. The summed E-state index contributed by atoms with van der Waals surface area (Å²) in [4.78, 5) is 97.2. The molecular weight excluding hydrogens is 1720 g/mol. The second-order valence-electron chi connectivity index (χ2n) is 42.9. The molecule has 1 aromatic heterocycles. The van der Waals surface area contributed by atoms with Crippen LogP contribution in [-0.2, 0) is 51.4 Å². The minimum atomic E-state index is -0.489. The van der Waals surface area contributed by atoms with Crippen LogP contribution in [0.15, 0.2) is 126 Å². The van der Waals surface area contributed by atoms with Crippen LogP contribution in [-0.4, -0.2) is 240 Å². The van der Waals surface area contributed by atoms with E-state index in [1.165, 1.54) is 256 Å². The first-order valence-corrected chi connectivity index (χ1v) is 51.7. The maximum atomic E-state index is 13.1. The van der Waals surface area contributed by atoms with Crippen molar-refractivity contribution in [2.45, 2.75) is 247 Å². The van der Waals surface area contributed by atoms with E-state index in [4.69, 9.17) is 0 Å². The molecule has 33 rings (SSSR count). The van der Waals surface area contributed by atoms with E-state index in [0.717, 1.165) is 179 Å². The van der Waals surface area contributed by atoms with Crippen molar-refractivity contribution in [1.29, 1.82) is 0 Å². The molecule has 26 aliphatic rings. The van der Waals surface area contributed by atoms with Gasteiger partial charge < -0.3 is 64.8 Å². The number of aryl methyl sites for hydroxylation is 7. The fourth-order valence-corrected chi connectivity index (χ4v) is 28.6. The first kappa shape index (κ1) is 94.2. The van der Waals surface area contributed by atoms with Crippen molar-refractivity contribution in [2.24, 2.45) is 35.5 Å². The van der Waals surface area contributed by atoms with Gasteiger partial charge in [0.1, 0.15) is 0 Å². The summed E-state index contributed by atoms with van der Waals surface area (Å²) in [7, 11) is 0. The third kappa shape index (κ3) is 19.3. The fourth-order valence-electron chi connectivity index (χ4n) is 28.6. The number of aromatic nitrogens is 1. The number of hydrogen-bond donors (Lipinski definition) is 4. The predicted octanol–water partition coefficient (Wildman–Crippen LogP) is 16.1. The molecule has 0 saturated carbocycles. The molecule has 18 fully saturated rings. The number of nitrogens with one attached hydrogen (secondary N) is 3. The summed E-state index contributed by atoms with van der Waals surface area (Å²) in [6.45, 7) is 22.9. The van der Waals surface area contributed by atoms with Crippen LogP contribution in [0.2, 0.25) is 0 Å². The van der Waals surface area contributed by atoms with Gasteiger partial charge in [0.15, 0.2) is 0 Å². The average Bonchev–Trinajstić information content (AvgIpc) is 0.759. The summed E-state index contributed by atoms with van der Waals surface area (Å²) in [6, 6.07) is 39.6. The third-order valence-corrected chi connectivity index (χ3v) is 35.7. The predicted molar refractivity (Wildman–Crippen MR) is 535 cm³/mol. The number of pyridine rings is 1. The number of rotatable bonds is 9. The summed E-state index contributed by atoms with van der Waals surface area (Å²) in [6.07, 6.45) is 41.4. The van der Waals surface area contributed by atoms with Gasteiger partial charge in [-0.1, -0.05) is 84.9 Å². The Morgan fingerprint density at radius 2 is 0.714 bits per heavy atom. The van der Waals surface area contributed by atoms with Crippen molar-refractivity contribution in [3.63, 3.8) is 0 Å². The van der Waals surface area contributed by atoms with Crippen molar-refractivity contribution >= 4 is 83.6 Å². The molecule has 5 amide bonds. The van der Waals surface area contributed by atoms with Gasteiger partial charge in [-0.05, 0) is 415 Å². The number of allylic oxidation sites excluding steroid dienone is 1. The van der Waals surface area contributed by atoms with E-state index in [0.29, 0.717) is 83.1 Å². The van der Waals surface area contributed by atoms with Gasteiger partial charge in [0, 0.05) is 134 Å². The normalized spacial score (nSPS) is 32.1. The van der Waals surface area contributed by atoms with Gasteiger partial charge in [0.2, 0.25) is 0 Å². The molecule has 0 spiro atoms. The van der Waals surface area contributed by atoms with Gasteiger partial charge in [-0.15, -0.1) is 37.2 Å². The maximum Gasteiger partial charge on any atom is 0.258 e. The topological polar surface area (TPSA) is 190 Å². The molecule has 710 valence electrons. The van der Waals surface area contributed by atoms with E-state index in [2.05, 4.69) is 145 Å². The second kappa shape index (κ2) is 41.5. The van der Waals surface area contributed by atoms with Crippen molar-refractivity contribution in [1.82, 2.24) is 59.7 Å². The van der Waals surface area contributed by atoms with Gasteiger partial charge in [0.25, 0.3) is 35.1 Å². The Hall–Kier alpha value is -7.79. The van der Waals surface area contributed by atoms with Crippen molar-refractivity contribution in [3.05, 3.63) is 226 Å². The molecule has 20 aliphatic heterocycles. The van der Waals surface area contributed by atoms with E-state index in [-0.39, 0.29) is 66.5 Å². The zero-order valence-corrected chi connectivity index (χ0v) is 80.7. The van der Waals surface area contributed by atoms with Crippen molar-refractivity contribution < 1.29 is 29.1 Å². The summed E-state index contributed by atoms with van der Waals surface area (Å²) in [5, 5.41) is 22.4. The Bertz CT molecular complexity index is 5320. The lowest BCUT2D eigenvalue weighted by molar-refractivity contribution is 0.00237. The Balaban J connectivity index is 0.000000102. The monoisotopic (exact) mass is 1860 g/mol. The van der Waals surface area contributed by atoms with E-state index >= 15 is 0 Å². The van der Waals surface area contributed by atoms with Gasteiger partial charge in [-0.2, -0.15) is 0 Å². The Morgan fingerprint density at radius 1 is 0.331 bits per heavy atom. The smallest absolute Gasteiger partial charge is 0.258 e. The average molecular weight is 1860 g/mol. The van der Waals surface area contributed by atoms with Crippen LogP contribution in [0.25, 0.3) is 16.8 Å². The highest BCUT2D eigenvalue weighted by molar-refractivity contribution is 6.01. The van der Waals surface area contributed by atoms with Gasteiger partial charge >= 0.3 is 0 Å². The minimum absolute atomic E-state index is 0. The Labute approximate surface area is 806 Å². The number of carbonyl (C=O) groups is 5. The number of benzene rings is 6. The Kier molecular flexibility index (Phi) is 29.4. The SMILES string of the molecule is Cl.Cl.Cl.O=C(N[C@@H]1CN2CCC1CC2)c1cccc2c1C(O)CCC2.O=C(N[C@@H]1CN2CCC1CC2)c1cccc2c1C=CCC2.O=C(N[C@@H]1CN2CCC1CC2)c1cccc2c1CCCC2.O=C1c2cccc3c2[C@@H](CCC3)CN1[C@@H]1CN2CCC1CC2.O=C1c2cccc3c2[C@H](CCC3)CN1[C@@H]1CN2CCC1CC2.O=c1c2cccc3c2c(cn1[C@@H]1CN2CCC1CC2)CCC3. The van der Waals surface area contributed by atoms with Gasteiger partial charge in [-0.3, -0.25) is 28.8 Å². The highest BCUT2D eigenvalue weighted by Gasteiger charge is 2.48. The van der Waals surface area contributed by atoms with Gasteiger partial charge in [0.05, 0.1) is 12.1 Å². The van der Waals surface area contributed by atoms with E-state index in [1.54, 1.807) is 0 Å². The van der Waals surface area contributed by atoms with Crippen molar-refractivity contribution in [3.8, 4) is 0 Å². The van der Waals surface area contributed by atoms with Crippen LogP contribution in [0.5, 0.6) is 0 Å². The number of fused-ring (bicyclic) bond motifs is 21. The summed E-state index contributed by atoms with van der Waals surface area (Å²) >= 11 is 0. The van der Waals surface area contributed by atoms with Crippen LogP contribution in [0.4, 0.5) is 0 Å². The quantitative estimate of drug-likeness (QED) is 0.107. The van der Waals surface area contributed by atoms with E-state index in [9.17, 15) is 33.9 Å². The highest BCUT2D eigenvalue weighted by Crippen LogP contribution is 2.46. The van der Waals surface area contributed by atoms with Crippen LogP contribution in [0.1, 0.15) is 284 Å². The largest absolute Gasteiger partial charge is 0.388 e. The lowest BCUT2D eigenvalue weighted by Crippen LogP contribution is -2.60. The first-order valence-electron chi connectivity index (χ1n) is 51.7. The molecule has 22 heteroatoms. The molecule has 4 N–H and O–H groups in total. The summed E-state index contributed by atoms with van der Waals surface area (Å²) in [5.41, 5.74) is 20.3. The summed E-state index contributed by atoms with van der Waals surface area (Å²) in [5.74, 6) is 6.24. The van der Waals surface area contributed by atoms with Crippen LogP contribution in [0.3, 0.4) is 0 Å². The van der Waals surface area contributed by atoms with Crippen LogP contribution in [0, 0.1) is 35.5 Å². The molecule has 6 aliphatic carbocycles. The highest BCUT2D eigenvalue weighted by atomic mass is 35.5. The fraction of sp³-hybridized carbons (Fsp3) is 0.586. The van der Waals surface area contributed by atoms with Crippen LogP contribution < -0.4 is 21.5 Å². The molecule has 19 nitrogen and oxygen atoms in total. The molecule has 18 saturated heterocycles. The number of piperidine rings is 18. The van der Waals surface area contributed by atoms with Gasteiger partial charge in [-0.25, -0.2) is 0 Å². The molecule has 133 heavy (non-hydrogen) atoms. The number of amides is 5. The Morgan fingerprint density at radius 3 is 1.20 bits per heavy atom. The first-order chi connectivity index (χ1) is 63.8. The van der Waals surface area contributed by atoms with Crippen LogP contribution >= 0.6 is 37.2 Å². The number of halogens is 3. The molecule has 12 bridgehead atoms. The number of aliphatic hydroxyl groups is 1. The molecule has 1 unspecified atom stereocenters. The lowest BCUT2D eigenvalue weighted by atomic mass is 9.75. The summed E-state index contributed by atoms with van der Waals surface area (Å²) < 4.78 is 2.10. The number of nitrogens with zero attached hydrogens (tertiary/aromatic N) is 9. The number of hydrogen-bond acceptors (Lipinski definition) is 13. The number of carbonyl (C=O) groups excluding carboxylic acids is 5. The van der Waals surface area contributed by atoms with E-state index in [1.807, 2.05) is 42.5 Å². The third-order valence-electron chi connectivity index (χ3n) is 35.7. The second-order valence-corrected chi connectivity index (χ2v) is 42.9. The van der Waals surface area contributed by atoms with E-state index < -0.39 is 6.10 Å². The molecule has 6 aromatic carbocycles. The van der Waals surface area contributed by atoms with Crippen molar-refractivity contribution in [2.75, 3.05) is 131 Å². The minimum Gasteiger partial charge on any atom is -0.388 e. The standard InChI is InChI=1S/2C19H24N2O.C19H22N2O.C18H24N2O2.C18H24N2O.C18H22N2O.3ClH/c3*22-19-16-6-2-4-14-3-1-5-15(18(14)16)11-21(19)17-12-20-9-7-13(17)8-10-20;21-16-6-2-4-13-3-1-5-14(17(13)16)18(22)19-15-11-20-9-7-12(15)8-10-20;2*21-18(19-17-12-20-10-8-14(17)9-11-20)16-7-3-5-13-4-1-2-6-15(13)16;;;/h2*2,4,6,13,15,17H,1,3,5,7-12H2;2,4,6,11,13,17H,1,3,5,7-10,12H2;1,3,5,12,15-16,21H,2,4,6-11H2,(H,19,22);3,5,7,14,17H,1-2,4,6,8-12H2,(H,19,21);2-3,5-7,14,17H,1,4,8-12H2,(H,19,21);3*1H/t15-,17+;15-,17-;17-;15-,16?;2*17-;;;/m011111.../s1. The molecular formula is C111H143Cl3N12O7. The maximum absolute atomic E-state index is 13.1. The molecule has 7 aromatic rings. The molecule has 9 atom stereocenters. The molecule has 0 radical (unpaired) electrons. The molecule has 21 heterocycles. The zero-order valence-electron chi connectivity index (χ0n) is 78.3. The number of aliphatic hydroxyl groups excluding tert-OH is 1.